The van der Waals surface area contributed by atoms with Crippen LogP contribution in [0.15, 0.2) is 55.1 Å². The molecule has 0 unspecified atom stereocenters. The smallest absolute Gasteiger partial charge is 0.219 e. The van der Waals surface area contributed by atoms with E-state index in [1.807, 2.05) is 49.4 Å². The molecule has 2 heterocycles. The van der Waals surface area contributed by atoms with Crippen molar-refractivity contribution in [3.8, 4) is 11.5 Å². The number of carbonyl (C=O) groups is 1. The van der Waals surface area contributed by atoms with Crippen LogP contribution < -0.4 is 9.47 Å². The van der Waals surface area contributed by atoms with E-state index in [1.54, 1.807) is 22.8 Å². The Kier molecular flexibility index (Phi) is 8.22. The number of hydrogen-bond donors (Lipinski definition) is 1. The molecule has 9 heteroatoms. The molecule has 0 aliphatic carbocycles. The molecule has 36 heavy (non-hydrogen) atoms. The van der Waals surface area contributed by atoms with Gasteiger partial charge in [-0.3, -0.25) is 9.69 Å². The summed E-state index contributed by atoms with van der Waals surface area (Å²) in [7, 11) is 0. The molecule has 1 amide bonds. The first-order valence-electron chi connectivity index (χ1n) is 12.2. The van der Waals surface area contributed by atoms with Crippen LogP contribution in [0.2, 0.25) is 0 Å². The Hall–Kier alpha value is -3.43. The average molecular weight is 494 g/mol. The van der Waals surface area contributed by atoms with Crippen LogP contribution in [-0.4, -0.2) is 80.6 Å². The second-order valence-electron chi connectivity index (χ2n) is 9.56. The van der Waals surface area contributed by atoms with Crippen LogP contribution in [0.25, 0.3) is 0 Å². The molecule has 192 valence electrons. The number of rotatable bonds is 9. The van der Waals surface area contributed by atoms with E-state index in [1.165, 1.54) is 11.9 Å². The fraction of sp³-hybridized carbons (Fsp3) is 0.444. The van der Waals surface area contributed by atoms with Crippen molar-refractivity contribution in [3.63, 3.8) is 0 Å². The molecule has 9 nitrogen and oxygen atoms in total. The number of β-amino-alcohol motifs (C(OH)–C–C–N with tert-alkyl or cyclic N) is 1. The summed E-state index contributed by atoms with van der Waals surface area (Å²) in [4.78, 5) is 20.0. The Balaban J connectivity index is 1.40. The minimum absolute atomic E-state index is 0.0516. The van der Waals surface area contributed by atoms with E-state index in [2.05, 4.69) is 21.9 Å². The van der Waals surface area contributed by atoms with Gasteiger partial charge in [0.15, 0.2) is 0 Å². The van der Waals surface area contributed by atoms with Gasteiger partial charge in [-0.1, -0.05) is 18.2 Å². The third kappa shape index (κ3) is 7.05. The molecule has 0 radical (unpaired) electrons. The summed E-state index contributed by atoms with van der Waals surface area (Å²) in [5.74, 6) is 1.44. The average Bonchev–Trinajstić information content (AvgIpc) is 3.30. The summed E-state index contributed by atoms with van der Waals surface area (Å²) in [5, 5.41) is 15.6. The zero-order valence-electron chi connectivity index (χ0n) is 21.3. The third-order valence-corrected chi connectivity index (χ3v) is 6.48. The van der Waals surface area contributed by atoms with Gasteiger partial charge in [0.05, 0.1) is 13.1 Å². The van der Waals surface area contributed by atoms with Crippen molar-refractivity contribution in [2.24, 2.45) is 0 Å². The van der Waals surface area contributed by atoms with E-state index in [4.69, 9.17) is 9.47 Å². The molecular weight excluding hydrogens is 458 g/mol. The summed E-state index contributed by atoms with van der Waals surface area (Å²) < 4.78 is 13.6. The lowest BCUT2D eigenvalue weighted by Crippen LogP contribution is -2.51. The van der Waals surface area contributed by atoms with Gasteiger partial charge in [0, 0.05) is 33.1 Å². The SMILES string of the molecule is CC(=O)N1CCN(Cc2cccc(OCCn3cncn3)c2)C[C@](O)(COc2ccc(C)c(C)c2)C1. The number of hydrogen-bond acceptors (Lipinski definition) is 7. The van der Waals surface area contributed by atoms with Crippen molar-refractivity contribution in [2.45, 2.75) is 39.5 Å². The van der Waals surface area contributed by atoms with Gasteiger partial charge in [0.25, 0.3) is 0 Å². The van der Waals surface area contributed by atoms with Gasteiger partial charge in [-0.2, -0.15) is 5.10 Å². The minimum Gasteiger partial charge on any atom is -0.492 e. The molecule has 1 atom stereocenters. The number of amides is 1. The van der Waals surface area contributed by atoms with Crippen molar-refractivity contribution in [2.75, 3.05) is 39.4 Å². The van der Waals surface area contributed by atoms with Gasteiger partial charge in [-0.05, 0) is 54.8 Å². The largest absolute Gasteiger partial charge is 0.492 e. The highest BCUT2D eigenvalue weighted by molar-refractivity contribution is 5.73. The van der Waals surface area contributed by atoms with Gasteiger partial charge in [0.2, 0.25) is 5.91 Å². The highest BCUT2D eigenvalue weighted by Gasteiger charge is 2.37. The Bertz CT molecular complexity index is 1150. The monoisotopic (exact) mass is 493 g/mol. The lowest BCUT2D eigenvalue weighted by molar-refractivity contribution is -0.132. The van der Waals surface area contributed by atoms with Crippen molar-refractivity contribution in [1.29, 1.82) is 0 Å². The normalized spacial score (nSPS) is 18.6. The van der Waals surface area contributed by atoms with Gasteiger partial charge < -0.3 is 19.5 Å². The molecule has 1 N–H and O–H groups in total. The van der Waals surface area contributed by atoms with E-state index < -0.39 is 5.60 Å². The Morgan fingerprint density at radius 1 is 1.06 bits per heavy atom. The lowest BCUT2D eigenvalue weighted by Gasteiger charge is -2.32. The zero-order chi connectivity index (χ0) is 25.5. The van der Waals surface area contributed by atoms with Crippen LogP contribution in [0.4, 0.5) is 0 Å². The van der Waals surface area contributed by atoms with Crippen LogP contribution in [0.1, 0.15) is 23.6 Å². The fourth-order valence-electron chi connectivity index (χ4n) is 4.36. The number of aromatic nitrogens is 3. The molecular formula is C27H35N5O4. The maximum atomic E-state index is 12.2. The van der Waals surface area contributed by atoms with E-state index >= 15 is 0 Å². The first kappa shape index (κ1) is 25.7. The summed E-state index contributed by atoms with van der Waals surface area (Å²) in [6.07, 6.45) is 3.16. The number of aliphatic hydroxyl groups is 1. The van der Waals surface area contributed by atoms with Crippen LogP contribution >= 0.6 is 0 Å². The molecule has 0 spiro atoms. The van der Waals surface area contributed by atoms with Crippen LogP contribution in [0.5, 0.6) is 11.5 Å². The van der Waals surface area contributed by atoms with Gasteiger partial charge in [-0.15, -0.1) is 0 Å². The van der Waals surface area contributed by atoms with Crippen LogP contribution in [0, 0.1) is 13.8 Å². The maximum Gasteiger partial charge on any atom is 0.219 e. The highest BCUT2D eigenvalue weighted by Crippen LogP contribution is 2.22. The standard InChI is InChI=1S/C27H35N5O4/c1-21-7-8-26(13-22(21)2)36-18-27(34)16-30(9-10-31(17-27)23(3)33)15-24-5-4-6-25(14-24)35-12-11-32-20-28-19-29-32/h4-8,13-14,19-20,34H,9-12,15-18H2,1-3H3/t27-/m1/s1. The molecule has 0 saturated carbocycles. The zero-order valence-corrected chi connectivity index (χ0v) is 21.3. The molecule has 2 aromatic carbocycles. The van der Waals surface area contributed by atoms with Crippen LogP contribution in [-0.2, 0) is 17.9 Å². The van der Waals surface area contributed by atoms with E-state index in [0.29, 0.717) is 45.1 Å². The fourth-order valence-corrected chi connectivity index (χ4v) is 4.36. The number of benzene rings is 2. The predicted molar refractivity (Wildman–Crippen MR) is 136 cm³/mol. The molecule has 1 aliphatic rings. The van der Waals surface area contributed by atoms with Crippen molar-refractivity contribution in [1.82, 2.24) is 24.6 Å². The predicted octanol–water partition coefficient (Wildman–Crippen LogP) is 2.45. The molecule has 1 aliphatic heterocycles. The van der Waals surface area contributed by atoms with E-state index in [-0.39, 0.29) is 19.1 Å². The summed E-state index contributed by atoms with van der Waals surface area (Å²) in [5.41, 5.74) is 2.19. The second-order valence-corrected chi connectivity index (χ2v) is 9.56. The summed E-state index contributed by atoms with van der Waals surface area (Å²) in [6, 6.07) is 13.9. The Labute approximate surface area is 212 Å². The topological polar surface area (TPSA) is 93.0 Å². The maximum absolute atomic E-state index is 12.2. The molecule has 4 rings (SSSR count). The molecule has 1 fully saturated rings. The summed E-state index contributed by atoms with van der Waals surface area (Å²) >= 11 is 0. The number of aryl methyl sites for hydroxylation is 2. The van der Waals surface area contributed by atoms with Gasteiger partial charge in [-0.25, -0.2) is 9.67 Å². The van der Waals surface area contributed by atoms with E-state index in [9.17, 15) is 9.90 Å². The Morgan fingerprint density at radius 2 is 1.89 bits per heavy atom. The third-order valence-electron chi connectivity index (χ3n) is 6.48. The first-order chi connectivity index (χ1) is 17.3. The van der Waals surface area contributed by atoms with Gasteiger partial charge >= 0.3 is 0 Å². The van der Waals surface area contributed by atoms with Crippen molar-refractivity contribution < 1.29 is 19.4 Å². The number of ether oxygens (including phenoxy) is 2. The molecule has 0 bridgehead atoms. The molecule has 1 saturated heterocycles. The lowest BCUT2D eigenvalue weighted by atomic mass is 10.0. The molecule has 1 aromatic heterocycles. The Morgan fingerprint density at radius 3 is 2.64 bits per heavy atom. The number of carbonyl (C=O) groups excluding carboxylic acids is 1. The molecule has 3 aromatic rings. The minimum atomic E-state index is -1.20. The van der Waals surface area contributed by atoms with E-state index in [0.717, 1.165) is 16.9 Å². The summed E-state index contributed by atoms with van der Waals surface area (Å²) in [6.45, 7) is 9.28. The van der Waals surface area contributed by atoms with Crippen molar-refractivity contribution in [3.05, 3.63) is 71.8 Å². The number of nitrogens with zero attached hydrogens (tertiary/aromatic N) is 5. The van der Waals surface area contributed by atoms with Gasteiger partial charge in [0.1, 0.15) is 43.0 Å². The van der Waals surface area contributed by atoms with Crippen LogP contribution in [0.3, 0.4) is 0 Å². The highest BCUT2D eigenvalue weighted by atomic mass is 16.5. The first-order valence-corrected chi connectivity index (χ1v) is 12.2. The second kappa shape index (κ2) is 11.5. The van der Waals surface area contributed by atoms with Crippen molar-refractivity contribution >= 4 is 5.91 Å². The quantitative estimate of drug-likeness (QED) is 0.489.